The number of nitrogens with zero attached hydrogens (tertiary/aromatic N) is 8. The van der Waals surface area contributed by atoms with Crippen LogP contribution in [0.2, 0.25) is 0 Å². The molecule has 49 heavy (non-hydrogen) atoms. The third-order valence-corrected chi connectivity index (χ3v) is 9.57. The van der Waals surface area contributed by atoms with Crippen molar-refractivity contribution in [3.05, 3.63) is 66.5 Å². The molecule has 4 aromatic rings. The number of hydrogen-bond donors (Lipinski definition) is 0. The van der Waals surface area contributed by atoms with E-state index < -0.39 is 0 Å². The lowest BCUT2D eigenvalue weighted by Gasteiger charge is -2.39. The molecule has 0 atom stereocenters. The fourth-order valence-electron chi connectivity index (χ4n) is 7.03. The van der Waals surface area contributed by atoms with E-state index in [0.29, 0.717) is 64.1 Å². The van der Waals surface area contributed by atoms with Crippen molar-refractivity contribution in [2.45, 2.75) is 45.6 Å². The zero-order chi connectivity index (χ0) is 33.5. The molecule has 0 N–H and O–H groups in total. The van der Waals surface area contributed by atoms with Gasteiger partial charge >= 0.3 is 0 Å². The van der Waals surface area contributed by atoms with Gasteiger partial charge in [-0.2, -0.15) is 5.10 Å². The molecule has 1 aromatic carbocycles. The Labute approximate surface area is 294 Å². The van der Waals surface area contributed by atoms with Crippen LogP contribution in [0.4, 0.5) is 5.82 Å². The minimum Gasteiger partial charge on any atom is -0.494 e. The molecule has 1 saturated carbocycles. The van der Waals surface area contributed by atoms with Crippen LogP contribution in [0.15, 0.2) is 59.6 Å². The summed E-state index contributed by atoms with van der Waals surface area (Å²) in [5.74, 6) is 2.75. The van der Waals surface area contributed by atoms with E-state index in [4.69, 9.17) is 9.15 Å². The number of fused-ring (bicyclic) bond motifs is 1. The van der Waals surface area contributed by atoms with Crippen molar-refractivity contribution >= 4 is 41.1 Å². The SMILES string of the molecule is CCOc1cccc(Cn2ncc3c(N4CCN(C(=O)C5CCC(CN(CCCN(C)C)C(=O)c6ccco6)CC5)CC4)ncnc32)c1.Cl. The number of halogens is 1. The molecule has 0 radical (unpaired) electrons. The first-order chi connectivity index (χ1) is 23.4. The number of aromatic nitrogens is 4. The van der Waals surface area contributed by atoms with Crippen LogP contribution in [0.5, 0.6) is 5.75 Å². The smallest absolute Gasteiger partial charge is 0.289 e. The Morgan fingerprint density at radius 2 is 1.80 bits per heavy atom. The largest absolute Gasteiger partial charge is 0.494 e. The van der Waals surface area contributed by atoms with Crippen LogP contribution in [-0.4, -0.2) is 113 Å². The summed E-state index contributed by atoms with van der Waals surface area (Å²) in [6, 6.07) is 11.5. The minimum atomic E-state index is -0.0459. The molecule has 12 nitrogen and oxygen atoms in total. The maximum absolute atomic E-state index is 13.6. The first-order valence-corrected chi connectivity index (χ1v) is 17.3. The molecule has 264 valence electrons. The average Bonchev–Trinajstić information content (AvgIpc) is 3.79. The van der Waals surface area contributed by atoms with Gasteiger partial charge in [-0.1, -0.05) is 12.1 Å². The maximum atomic E-state index is 13.6. The summed E-state index contributed by atoms with van der Waals surface area (Å²) in [7, 11) is 4.10. The maximum Gasteiger partial charge on any atom is 0.289 e. The van der Waals surface area contributed by atoms with Gasteiger partial charge in [0.2, 0.25) is 5.91 Å². The molecule has 0 unspecified atom stereocenters. The number of furan rings is 1. The average molecular weight is 693 g/mol. The second-order valence-corrected chi connectivity index (χ2v) is 13.2. The number of rotatable bonds is 13. The molecule has 13 heteroatoms. The Hall–Kier alpha value is -4.16. The Kier molecular flexibility index (Phi) is 12.5. The predicted octanol–water partition coefficient (Wildman–Crippen LogP) is 4.84. The highest BCUT2D eigenvalue weighted by molar-refractivity contribution is 5.91. The van der Waals surface area contributed by atoms with E-state index in [2.05, 4.69) is 30.9 Å². The summed E-state index contributed by atoms with van der Waals surface area (Å²) in [5.41, 5.74) is 1.88. The lowest BCUT2D eigenvalue weighted by molar-refractivity contribution is -0.137. The van der Waals surface area contributed by atoms with E-state index in [9.17, 15) is 9.59 Å². The molecule has 2 aliphatic rings. The van der Waals surface area contributed by atoms with Gasteiger partial charge in [-0.15, -0.1) is 12.4 Å². The fraction of sp³-hybridized carbons (Fsp3) is 0.528. The fourth-order valence-corrected chi connectivity index (χ4v) is 7.03. The van der Waals surface area contributed by atoms with Gasteiger partial charge in [0, 0.05) is 45.2 Å². The Morgan fingerprint density at radius 1 is 1.00 bits per heavy atom. The molecular weight excluding hydrogens is 644 g/mol. The highest BCUT2D eigenvalue weighted by Crippen LogP contribution is 2.32. The first kappa shape index (κ1) is 36.1. The zero-order valence-electron chi connectivity index (χ0n) is 28.9. The number of benzene rings is 1. The van der Waals surface area contributed by atoms with E-state index >= 15 is 0 Å². The van der Waals surface area contributed by atoms with E-state index in [1.807, 2.05) is 59.9 Å². The Bertz CT molecular complexity index is 1650. The van der Waals surface area contributed by atoms with Gasteiger partial charge in [-0.3, -0.25) is 9.59 Å². The third-order valence-electron chi connectivity index (χ3n) is 9.57. The van der Waals surface area contributed by atoms with Crippen LogP contribution in [-0.2, 0) is 11.3 Å². The molecule has 2 amide bonds. The molecule has 4 heterocycles. The summed E-state index contributed by atoms with van der Waals surface area (Å²) < 4.78 is 13.0. The predicted molar refractivity (Wildman–Crippen MR) is 191 cm³/mol. The highest BCUT2D eigenvalue weighted by atomic mass is 35.5. The van der Waals surface area contributed by atoms with E-state index in [-0.39, 0.29) is 30.1 Å². The number of anilines is 1. The zero-order valence-corrected chi connectivity index (χ0v) is 29.7. The molecular formula is C36H49ClN8O4. The Balaban J connectivity index is 0.00000468. The number of ether oxygens (including phenoxy) is 1. The van der Waals surface area contributed by atoms with Gasteiger partial charge in [-0.25, -0.2) is 14.6 Å². The van der Waals surface area contributed by atoms with Gasteiger partial charge in [0.15, 0.2) is 11.4 Å². The van der Waals surface area contributed by atoms with Gasteiger partial charge in [0.1, 0.15) is 17.9 Å². The quantitative estimate of drug-likeness (QED) is 0.194. The summed E-state index contributed by atoms with van der Waals surface area (Å²) in [4.78, 5) is 44.4. The van der Waals surface area contributed by atoms with Crippen molar-refractivity contribution in [2.75, 3.05) is 71.4 Å². The topological polar surface area (TPSA) is 113 Å². The van der Waals surface area contributed by atoms with Gasteiger partial charge in [0.05, 0.1) is 31.0 Å². The molecule has 2 fully saturated rings. The van der Waals surface area contributed by atoms with Crippen molar-refractivity contribution in [1.29, 1.82) is 0 Å². The van der Waals surface area contributed by atoms with Crippen LogP contribution in [0.3, 0.4) is 0 Å². The molecule has 6 rings (SSSR count). The van der Waals surface area contributed by atoms with E-state index in [1.54, 1.807) is 24.7 Å². The lowest BCUT2D eigenvalue weighted by Crippen LogP contribution is -2.51. The number of hydrogen-bond acceptors (Lipinski definition) is 9. The van der Waals surface area contributed by atoms with Crippen molar-refractivity contribution in [2.24, 2.45) is 11.8 Å². The number of carbonyl (C=O) groups is 2. The van der Waals surface area contributed by atoms with Crippen molar-refractivity contribution in [3.63, 3.8) is 0 Å². The number of piperazine rings is 1. The second kappa shape index (κ2) is 17.0. The summed E-state index contributed by atoms with van der Waals surface area (Å²) in [5, 5.41) is 5.56. The highest BCUT2D eigenvalue weighted by Gasteiger charge is 2.33. The molecule has 3 aromatic heterocycles. The molecule has 1 aliphatic heterocycles. The normalized spacial score (nSPS) is 18.0. The minimum absolute atomic E-state index is 0. The van der Waals surface area contributed by atoms with Crippen LogP contribution in [0.1, 0.15) is 55.1 Å². The van der Waals surface area contributed by atoms with Crippen molar-refractivity contribution in [1.82, 2.24) is 34.4 Å². The number of amides is 2. The standard InChI is InChI=1S/C36H48N8O4.ClH/c1-4-47-30-9-5-8-28(22-30)25-44-34-31(23-39-44)33(37-26-38-34)41-17-19-42(20-18-41)35(45)29-13-11-27(12-14-29)24-43(16-7-15-40(2)3)36(46)32-10-6-21-48-32;/h5-6,8-10,21-23,26-27,29H,4,7,11-20,24-25H2,1-3H3;1H. The van der Waals surface area contributed by atoms with Crippen LogP contribution >= 0.6 is 12.4 Å². The monoisotopic (exact) mass is 692 g/mol. The summed E-state index contributed by atoms with van der Waals surface area (Å²) >= 11 is 0. The van der Waals surface area contributed by atoms with Crippen molar-refractivity contribution < 1.29 is 18.7 Å². The lowest BCUT2D eigenvalue weighted by atomic mass is 9.81. The second-order valence-electron chi connectivity index (χ2n) is 13.2. The molecule has 1 saturated heterocycles. The van der Waals surface area contributed by atoms with Gasteiger partial charge in [0.25, 0.3) is 5.91 Å². The molecule has 0 bridgehead atoms. The summed E-state index contributed by atoms with van der Waals surface area (Å²) in [6.07, 6.45) is 9.54. The van der Waals surface area contributed by atoms with Gasteiger partial charge in [-0.05, 0) is 95.4 Å². The van der Waals surface area contributed by atoms with Gasteiger partial charge < -0.3 is 28.8 Å². The third kappa shape index (κ3) is 8.90. The van der Waals surface area contributed by atoms with Crippen molar-refractivity contribution in [3.8, 4) is 5.75 Å². The molecule has 0 spiro atoms. The Morgan fingerprint density at radius 3 is 2.51 bits per heavy atom. The molecule has 1 aliphatic carbocycles. The van der Waals surface area contributed by atoms with E-state index in [1.165, 1.54) is 0 Å². The van der Waals surface area contributed by atoms with Crippen LogP contribution in [0.25, 0.3) is 11.0 Å². The first-order valence-electron chi connectivity index (χ1n) is 17.3. The van der Waals surface area contributed by atoms with Crippen LogP contribution < -0.4 is 9.64 Å². The number of carbonyl (C=O) groups excluding carboxylic acids is 2. The van der Waals surface area contributed by atoms with Crippen LogP contribution in [0, 0.1) is 11.8 Å². The van der Waals surface area contributed by atoms with E-state index in [0.717, 1.165) is 66.8 Å². The summed E-state index contributed by atoms with van der Waals surface area (Å²) in [6.45, 7) is 8.27.